The van der Waals surface area contributed by atoms with Gasteiger partial charge in [0.15, 0.2) is 5.65 Å². The quantitative estimate of drug-likeness (QED) is 0.571. The van der Waals surface area contributed by atoms with Crippen LogP contribution in [0.1, 0.15) is 36.8 Å². The van der Waals surface area contributed by atoms with Gasteiger partial charge in [0.2, 0.25) is 5.82 Å². The van der Waals surface area contributed by atoms with Crippen molar-refractivity contribution in [2.45, 2.75) is 40.2 Å². The third kappa shape index (κ3) is 2.41. The van der Waals surface area contributed by atoms with Gasteiger partial charge in [0.25, 0.3) is 5.89 Å². The Morgan fingerprint density at radius 1 is 1.08 bits per heavy atom. The third-order valence-corrected chi connectivity index (χ3v) is 4.33. The van der Waals surface area contributed by atoms with Gasteiger partial charge in [-0.25, -0.2) is 14.5 Å². The standard InChI is InChI=1S/C17H19N7O/c1-10-6-12(3)24-15(20-10)13(7-19-24)14-21-16(25-22-14)17(4,5)23-8-11(2)18-9-23/h6-9H,1-5H3. The highest BCUT2D eigenvalue weighted by atomic mass is 16.5. The Hall–Kier alpha value is -3.03. The van der Waals surface area contributed by atoms with Gasteiger partial charge in [0.05, 0.1) is 23.8 Å². The van der Waals surface area contributed by atoms with E-state index in [0.717, 1.165) is 28.3 Å². The first-order valence-corrected chi connectivity index (χ1v) is 8.04. The van der Waals surface area contributed by atoms with E-state index in [-0.39, 0.29) is 0 Å². The van der Waals surface area contributed by atoms with Crippen LogP contribution in [0.5, 0.6) is 0 Å². The first-order valence-electron chi connectivity index (χ1n) is 8.04. The van der Waals surface area contributed by atoms with Crippen LogP contribution >= 0.6 is 0 Å². The summed E-state index contributed by atoms with van der Waals surface area (Å²) in [4.78, 5) is 13.4. The van der Waals surface area contributed by atoms with Crippen LogP contribution in [-0.2, 0) is 5.54 Å². The molecule has 8 heteroatoms. The van der Waals surface area contributed by atoms with Gasteiger partial charge in [-0.1, -0.05) is 5.16 Å². The van der Waals surface area contributed by atoms with Crippen molar-refractivity contribution in [2.75, 3.05) is 0 Å². The highest BCUT2D eigenvalue weighted by Gasteiger charge is 2.30. The average molecular weight is 337 g/mol. The lowest BCUT2D eigenvalue weighted by molar-refractivity contribution is 0.277. The fraction of sp³-hybridized carbons (Fsp3) is 0.353. The number of imidazole rings is 1. The molecule has 0 fully saturated rings. The van der Waals surface area contributed by atoms with Gasteiger partial charge in [-0.3, -0.25) is 0 Å². The van der Waals surface area contributed by atoms with E-state index < -0.39 is 5.54 Å². The summed E-state index contributed by atoms with van der Waals surface area (Å²) >= 11 is 0. The Kier molecular flexibility index (Phi) is 3.24. The van der Waals surface area contributed by atoms with E-state index in [1.165, 1.54) is 0 Å². The van der Waals surface area contributed by atoms with Crippen LogP contribution in [-0.4, -0.2) is 34.3 Å². The molecular weight excluding hydrogens is 318 g/mol. The molecule has 0 unspecified atom stereocenters. The molecule has 0 aliphatic heterocycles. The Morgan fingerprint density at radius 2 is 1.88 bits per heavy atom. The molecule has 0 bridgehead atoms. The molecule has 0 saturated carbocycles. The fourth-order valence-corrected chi connectivity index (χ4v) is 2.85. The molecule has 8 nitrogen and oxygen atoms in total. The number of fused-ring (bicyclic) bond motifs is 1. The van der Waals surface area contributed by atoms with Gasteiger partial charge in [-0.2, -0.15) is 10.1 Å². The van der Waals surface area contributed by atoms with Gasteiger partial charge in [0, 0.05) is 17.6 Å². The molecule has 4 rings (SSSR count). The van der Waals surface area contributed by atoms with Crippen molar-refractivity contribution in [3.63, 3.8) is 0 Å². The smallest absolute Gasteiger partial charge is 0.252 e. The maximum Gasteiger partial charge on any atom is 0.252 e. The molecule has 25 heavy (non-hydrogen) atoms. The van der Waals surface area contributed by atoms with Crippen molar-refractivity contribution in [3.8, 4) is 11.4 Å². The summed E-state index contributed by atoms with van der Waals surface area (Å²) < 4.78 is 9.29. The lowest BCUT2D eigenvalue weighted by Crippen LogP contribution is -2.26. The van der Waals surface area contributed by atoms with Crippen LogP contribution in [0, 0.1) is 20.8 Å². The van der Waals surface area contributed by atoms with Crippen molar-refractivity contribution >= 4 is 5.65 Å². The van der Waals surface area contributed by atoms with Gasteiger partial charge in [-0.15, -0.1) is 0 Å². The number of nitrogens with zero attached hydrogens (tertiary/aromatic N) is 7. The van der Waals surface area contributed by atoms with Crippen LogP contribution in [0.15, 0.2) is 29.3 Å². The average Bonchev–Trinajstić information content (AvgIpc) is 3.24. The number of hydrogen-bond acceptors (Lipinski definition) is 6. The summed E-state index contributed by atoms with van der Waals surface area (Å²) in [6.07, 6.45) is 5.44. The maximum atomic E-state index is 5.55. The largest absolute Gasteiger partial charge is 0.336 e. The summed E-state index contributed by atoms with van der Waals surface area (Å²) in [6.45, 7) is 9.91. The number of rotatable bonds is 3. The summed E-state index contributed by atoms with van der Waals surface area (Å²) in [7, 11) is 0. The van der Waals surface area contributed by atoms with E-state index in [1.807, 2.05) is 51.4 Å². The fourth-order valence-electron chi connectivity index (χ4n) is 2.85. The molecule has 128 valence electrons. The molecule has 0 spiro atoms. The zero-order valence-corrected chi connectivity index (χ0v) is 14.8. The summed E-state index contributed by atoms with van der Waals surface area (Å²) in [5, 5.41) is 8.54. The molecule has 0 radical (unpaired) electrons. The molecule has 0 N–H and O–H groups in total. The van der Waals surface area contributed by atoms with Crippen LogP contribution in [0.3, 0.4) is 0 Å². The second-order valence-electron chi connectivity index (χ2n) is 6.74. The normalized spacial score (nSPS) is 12.2. The Labute approximate surface area is 144 Å². The van der Waals surface area contributed by atoms with Crippen LogP contribution in [0.2, 0.25) is 0 Å². The summed E-state index contributed by atoms with van der Waals surface area (Å²) in [5.41, 5.74) is 3.83. The van der Waals surface area contributed by atoms with E-state index in [2.05, 4.69) is 25.2 Å². The highest BCUT2D eigenvalue weighted by Crippen LogP contribution is 2.28. The van der Waals surface area contributed by atoms with Crippen LogP contribution in [0.4, 0.5) is 0 Å². The van der Waals surface area contributed by atoms with Gasteiger partial charge in [-0.05, 0) is 40.7 Å². The topological polar surface area (TPSA) is 86.9 Å². The Morgan fingerprint density at radius 3 is 2.60 bits per heavy atom. The van der Waals surface area contributed by atoms with Crippen molar-refractivity contribution < 1.29 is 4.52 Å². The first kappa shape index (κ1) is 15.5. The zero-order chi connectivity index (χ0) is 17.8. The minimum atomic E-state index is -0.505. The van der Waals surface area contributed by atoms with Crippen molar-refractivity contribution in [1.82, 2.24) is 34.3 Å². The Bertz CT molecular complexity index is 1070. The molecule has 4 heterocycles. The van der Waals surface area contributed by atoms with E-state index in [0.29, 0.717) is 11.7 Å². The number of aryl methyl sites for hydroxylation is 3. The number of aromatic nitrogens is 7. The highest BCUT2D eigenvalue weighted by molar-refractivity contribution is 5.72. The second kappa shape index (κ2) is 5.23. The van der Waals surface area contributed by atoms with E-state index in [4.69, 9.17) is 4.52 Å². The molecule has 4 aromatic rings. The van der Waals surface area contributed by atoms with Gasteiger partial charge in [0.1, 0.15) is 5.54 Å². The monoisotopic (exact) mass is 337 g/mol. The molecule has 0 amide bonds. The zero-order valence-electron chi connectivity index (χ0n) is 14.8. The van der Waals surface area contributed by atoms with Crippen LogP contribution in [0.25, 0.3) is 17.0 Å². The Balaban J connectivity index is 1.80. The van der Waals surface area contributed by atoms with Crippen molar-refractivity contribution in [1.29, 1.82) is 0 Å². The molecule has 0 aliphatic carbocycles. The summed E-state index contributed by atoms with van der Waals surface area (Å²) in [5.74, 6) is 0.982. The van der Waals surface area contributed by atoms with Crippen molar-refractivity contribution in [3.05, 3.63) is 47.8 Å². The predicted molar refractivity (Wildman–Crippen MR) is 91.1 cm³/mol. The maximum absolute atomic E-state index is 5.55. The number of hydrogen-bond donors (Lipinski definition) is 0. The third-order valence-electron chi connectivity index (χ3n) is 4.33. The lowest BCUT2D eigenvalue weighted by Gasteiger charge is -2.21. The molecule has 0 aromatic carbocycles. The first-order chi connectivity index (χ1) is 11.9. The second-order valence-corrected chi connectivity index (χ2v) is 6.74. The van der Waals surface area contributed by atoms with Crippen LogP contribution < -0.4 is 0 Å². The molecule has 0 atom stereocenters. The van der Waals surface area contributed by atoms with Gasteiger partial charge >= 0.3 is 0 Å². The minimum Gasteiger partial charge on any atom is -0.336 e. The van der Waals surface area contributed by atoms with Crippen molar-refractivity contribution in [2.24, 2.45) is 0 Å². The SMILES string of the molecule is Cc1cn(C(C)(C)c2nc(-c3cnn4c(C)cc(C)nc34)no2)cn1. The van der Waals surface area contributed by atoms with Gasteiger partial charge < -0.3 is 9.09 Å². The molecular formula is C17H19N7O. The summed E-state index contributed by atoms with van der Waals surface area (Å²) in [6, 6.07) is 1.98. The predicted octanol–water partition coefficient (Wildman–Crippen LogP) is 2.68. The molecule has 0 aliphatic rings. The molecule has 4 aromatic heterocycles. The molecule has 0 saturated heterocycles. The van der Waals surface area contributed by atoms with E-state index in [1.54, 1.807) is 17.0 Å². The lowest BCUT2D eigenvalue weighted by atomic mass is 10.1. The van der Waals surface area contributed by atoms with E-state index in [9.17, 15) is 0 Å². The van der Waals surface area contributed by atoms with E-state index >= 15 is 0 Å². The minimum absolute atomic E-state index is 0.479.